The van der Waals surface area contributed by atoms with Gasteiger partial charge in [-0.15, -0.1) is 24.8 Å². The van der Waals surface area contributed by atoms with Crippen LogP contribution < -0.4 is 10.2 Å². The number of H-pyrrole nitrogens is 1. The van der Waals surface area contributed by atoms with E-state index < -0.39 is 0 Å². The third-order valence-electron chi connectivity index (χ3n) is 6.94. The molecule has 5 aromatic rings. The predicted molar refractivity (Wildman–Crippen MR) is 164 cm³/mol. The quantitative estimate of drug-likeness (QED) is 0.258. The van der Waals surface area contributed by atoms with Crippen LogP contribution in [0.15, 0.2) is 104 Å². The Labute approximate surface area is 245 Å². The lowest BCUT2D eigenvalue weighted by molar-refractivity contribution is 0.0753. The average Bonchev–Trinajstić information content (AvgIpc) is 3.41. The van der Waals surface area contributed by atoms with Gasteiger partial charge in [0.15, 0.2) is 0 Å². The molecule has 1 aliphatic heterocycles. The minimum Gasteiger partial charge on any atom is -0.364 e. The van der Waals surface area contributed by atoms with E-state index in [2.05, 4.69) is 20.2 Å². The number of hydrogen-bond acceptors (Lipinski definition) is 4. The molecule has 2 amide bonds. The molecule has 204 valence electrons. The van der Waals surface area contributed by atoms with Crippen molar-refractivity contribution in [1.29, 1.82) is 0 Å². The van der Waals surface area contributed by atoms with Crippen LogP contribution in [0.5, 0.6) is 0 Å². The van der Waals surface area contributed by atoms with Gasteiger partial charge in [-0.05, 0) is 46.7 Å². The zero-order valence-corrected chi connectivity index (χ0v) is 23.3. The summed E-state index contributed by atoms with van der Waals surface area (Å²) in [6, 6.07) is 28.9. The average molecular weight is 575 g/mol. The number of rotatable bonds is 5. The van der Waals surface area contributed by atoms with Gasteiger partial charge in [-0.1, -0.05) is 60.7 Å². The third kappa shape index (κ3) is 5.96. The van der Waals surface area contributed by atoms with Crippen molar-refractivity contribution in [2.75, 3.05) is 23.3 Å². The molecule has 0 fully saturated rings. The first kappa shape index (κ1) is 28.7. The predicted octanol–water partition coefficient (Wildman–Crippen LogP) is 6.32. The first-order valence-electron chi connectivity index (χ1n) is 12.6. The van der Waals surface area contributed by atoms with Crippen LogP contribution in [0.1, 0.15) is 32.0 Å². The van der Waals surface area contributed by atoms with Crippen LogP contribution in [-0.4, -0.2) is 39.8 Å². The number of carbonyl (C=O) groups is 2. The smallest absolute Gasteiger partial charge is 0.255 e. The summed E-state index contributed by atoms with van der Waals surface area (Å²) in [5.41, 5.74) is 5.00. The Morgan fingerprint density at radius 3 is 2.45 bits per heavy atom. The zero-order chi connectivity index (χ0) is 25.9. The van der Waals surface area contributed by atoms with Crippen molar-refractivity contribution in [3.63, 3.8) is 0 Å². The van der Waals surface area contributed by atoms with Crippen molar-refractivity contribution in [3.8, 4) is 0 Å². The molecule has 6 rings (SSSR count). The highest BCUT2D eigenvalue weighted by Gasteiger charge is 2.25. The van der Waals surface area contributed by atoms with Gasteiger partial charge in [-0.25, -0.2) is 4.98 Å². The molecule has 9 heteroatoms. The second kappa shape index (κ2) is 12.7. The molecule has 2 N–H and O–H groups in total. The van der Waals surface area contributed by atoms with E-state index in [0.717, 1.165) is 27.7 Å². The van der Waals surface area contributed by atoms with Gasteiger partial charge in [0.1, 0.15) is 0 Å². The van der Waals surface area contributed by atoms with Gasteiger partial charge in [0.2, 0.25) is 0 Å². The molecule has 0 unspecified atom stereocenters. The van der Waals surface area contributed by atoms with E-state index in [1.807, 2.05) is 90.0 Å². The maximum Gasteiger partial charge on any atom is 0.255 e. The summed E-state index contributed by atoms with van der Waals surface area (Å²) < 4.78 is 0. The summed E-state index contributed by atoms with van der Waals surface area (Å²) in [7, 11) is 0. The molecule has 0 radical (unpaired) electrons. The van der Waals surface area contributed by atoms with E-state index in [0.29, 0.717) is 43.0 Å². The van der Waals surface area contributed by atoms with Crippen LogP contribution in [0.3, 0.4) is 0 Å². The summed E-state index contributed by atoms with van der Waals surface area (Å²) in [5.74, 6) is -0.148. The van der Waals surface area contributed by atoms with Crippen molar-refractivity contribution in [2.45, 2.75) is 13.1 Å². The number of anilines is 2. The van der Waals surface area contributed by atoms with Crippen LogP contribution in [0, 0.1) is 0 Å². The Kier molecular flexibility index (Phi) is 9.09. The normalized spacial score (nSPS) is 12.5. The van der Waals surface area contributed by atoms with Gasteiger partial charge in [0.25, 0.3) is 11.8 Å². The SMILES string of the molecule is Cl.Cl.O=C(Nc1ccc2c(c1)N(Cc1cnc[nH]1)CCN(C(=O)c1cccc3ccccc13)C2)c1ccccc1. The second-order valence-electron chi connectivity index (χ2n) is 9.42. The molecule has 0 spiro atoms. The van der Waals surface area contributed by atoms with Crippen molar-refractivity contribution in [3.05, 3.63) is 126 Å². The molecule has 4 aromatic carbocycles. The highest BCUT2D eigenvalue weighted by atomic mass is 35.5. The summed E-state index contributed by atoms with van der Waals surface area (Å²) in [6.07, 6.45) is 3.48. The molecule has 0 saturated carbocycles. The van der Waals surface area contributed by atoms with Crippen LogP contribution >= 0.6 is 24.8 Å². The van der Waals surface area contributed by atoms with Crippen LogP contribution in [0.25, 0.3) is 10.8 Å². The van der Waals surface area contributed by atoms with Crippen molar-refractivity contribution in [1.82, 2.24) is 14.9 Å². The first-order valence-corrected chi connectivity index (χ1v) is 12.6. The summed E-state index contributed by atoms with van der Waals surface area (Å²) in [4.78, 5) is 38.1. The topological polar surface area (TPSA) is 81.3 Å². The number of hydrogen-bond donors (Lipinski definition) is 2. The molecule has 40 heavy (non-hydrogen) atoms. The number of fused-ring (bicyclic) bond motifs is 2. The van der Waals surface area contributed by atoms with Gasteiger partial charge in [0, 0.05) is 48.3 Å². The molecule has 0 bridgehead atoms. The number of nitrogens with zero attached hydrogens (tertiary/aromatic N) is 3. The highest BCUT2D eigenvalue weighted by Crippen LogP contribution is 2.31. The lowest BCUT2D eigenvalue weighted by Crippen LogP contribution is -2.35. The minimum absolute atomic E-state index is 0. The number of benzene rings is 4. The number of aromatic amines is 1. The lowest BCUT2D eigenvalue weighted by atomic mass is 10.0. The molecule has 1 aliphatic rings. The van der Waals surface area contributed by atoms with Crippen molar-refractivity contribution in [2.24, 2.45) is 0 Å². The van der Waals surface area contributed by atoms with Gasteiger partial charge >= 0.3 is 0 Å². The lowest BCUT2D eigenvalue weighted by Gasteiger charge is -2.25. The Morgan fingerprint density at radius 1 is 0.875 bits per heavy atom. The highest BCUT2D eigenvalue weighted by molar-refractivity contribution is 6.07. The van der Waals surface area contributed by atoms with Gasteiger partial charge in [-0.2, -0.15) is 0 Å². The Balaban J connectivity index is 0.00000185. The molecule has 1 aromatic heterocycles. The van der Waals surface area contributed by atoms with Gasteiger partial charge in [0.05, 0.1) is 18.6 Å². The number of nitrogens with one attached hydrogen (secondary N) is 2. The molecular formula is C31H29Cl2N5O2. The van der Waals surface area contributed by atoms with Crippen molar-refractivity contribution < 1.29 is 9.59 Å². The molecule has 0 aliphatic carbocycles. The Hall–Kier alpha value is -4.33. The van der Waals surface area contributed by atoms with Crippen LogP contribution in [0.2, 0.25) is 0 Å². The fourth-order valence-electron chi connectivity index (χ4n) is 5.01. The molecule has 0 atom stereocenters. The maximum absolute atomic E-state index is 13.8. The molecular weight excluding hydrogens is 545 g/mol. The second-order valence-corrected chi connectivity index (χ2v) is 9.42. The number of halogens is 2. The third-order valence-corrected chi connectivity index (χ3v) is 6.94. The fourth-order valence-corrected chi connectivity index (χ4v) is 5.01. The maximum atomic E-state index is 13.8. The van der Waals surface area contributed by atoms with Gasteiger partial charge in [-0.3, -0.25) is 9.59 Å². The fraction of sp³-hybridized carbons (Fsp3) is 0.129. The largest absolute Gasteiger partial charge is 0.364 e. The van der Waals surface area contributed by atoms with Crippen LogP contribution in [-0.2, 0) is 13.1 Å². The van der Waals surface area contributed by atoms with Gasteiger partial charge < -0.3 is 20.1 Å². The first-order chi connectivity index (χ1) is 18.7. The van der Waals surface area contributed by atoms with Crippen molar-refractivity contribution >= 4 is 58.8 Å². The summed E-state index contributed by atoms with van der Waals surface area (Å²) in [6.45, 7) is 2.29. The van der Waals surface area contributed by atoms with E-state index >= 15 is 0 Å². The van der Waals surface area contributed by atoms with Crippen LogP contribution in [0.4, 0.5) is 11.4 Å². The zero-order valence-electron chi connectivity index (χ0n) is 21.6. The summed E-state index contributed by atoms with van der Waals surface area (Å²) in [5, 5.41) is 5.03. The van der Waals surface area contributed by atoms with E-state index in [9.17, 15) is 9.59 Å². The minimum atomic E-state index is -0.160. The number of imidazole rings is 1. The number of amides is 2. The molecule has 2 heterocycles. The monoisotopic (exact) mass is 573 g/mol. The van der Waals surface area contributed by atoms with E-state index in [1.165, 1.54) is 0 Å². The van der Waals surface area contributed by atoms with E-state index in [-0.39, 0.29) is 36.6 Å². The molecule has 7 nitrogen and oxygen atoms in total. The number of aromatic nitrogens is 2. The van der Waals surface area contributed by atoms with E-state index in [4.69, 9.17) is 0 Å². The molecule has 0 saturated heterocycles. The Morgan fingerprint density at radius 2 is 1.65 bits per heavy atom. The summed E-state index contributed by atoms with van der Waals surface area (Å²) >= 11 is 0. The van der Waals surface area contributed by atoms with E-state index in [1.54, 1.807) is 18.5 Å². The number of carbonyl (C=O) groups excluding carboxylic acids is 2. The Bertz CT molecular complexity index is 1600. The standard InChI is InChI=1S/C31H27N5O2.2ClH/c37-30(23-8-2-1-3-9-23)34-25-14-13-24-19-36(16-15-35(29(24)17-25)20-26-18-32-21-33-26)31(38)28-12-6-10-22-7-4-5-11-27(22)28;;/h1-14,17-18,21H,15-16,19-20H2,(H,32,33)(H,34,37);2*1H.